The maximum Gasteiger partial charge on any atom is 0.260 e. The molecule has 3 fully saturated rings. The third-order valence-corrected chi connectivity index (χ3v) is 6.50. The highest BCUT2D eigenvalue weighted by molar-refractivity contribution is 5.94. The highest BCUT2D eigenvalue weighted by Gasteiger charge is 2.55. The average Bonchev–Trinajstić information content (AvgIpc) is 3.29. The summed E-state index contributed by atoms with van der Waals surface area (Å²) in [6, 6.07) is 3.61. The number of likely N-dealkylation sites (tertiary alicyclic amines) is 1. The van der Waals surface area contributed by atoms with Gasteiger partial charge < -0.3 is 19.9 Å². The van der Waals surface area contributed by atoms with Gasteiger partial charge in [-0.2, -0.15) is 0 Å². The van der Waals surface area contributed by atoms with Gasteiger partial charge in [0.2, 0.25) is 0 Å². The van der Waals surface area contributed by atoms with Crippen molar-refractivity contribution >= 4 is 5.91 Å². The Labute approximate surface area is 154 Å². The predicted octanol–water partition coefficient (Wildman–Crippen LogP) is 1.69. The lowest BCUT2D eigenvalue weighted by atomic mass is 9.91. The predicted molar refractivity (Wildman–Crippen MR) is 99.3 cm³/mol. The maximum absolute atomic E-state index is 12.4. The minimum atomic E-state index is -0.302. The van der Waals surface area contributed by atoms with Crippen LogP contribution in [0.4, 0.5) is 0 Å². The topological polar surface area (TPSA) is 74.4 Å². The Kier molecular flexibility index (Phi) is 4.88. The highest BCUT2D eigenvalue weighted by Crippen LogP contribution is 2.54. The summed E-state index contributed by atoms with van der Waals surface area (Å²) < 4.78 is 5.45. The van der Waals surface area contributed by atoms with E-state index in [2.05, 4.69) is 15.2 Å². The molecule has 1 aliphatic carbocycles. The van der Waals surface area contributed by atoms with Crippen molar-refractivity contribution in [1.82, 2.24) is 15.2 Å². The molecule has 1 atom stereocenters. The molecular weight excluding hydrogens is 330 g/mol. The second-order valence-electron chi connectivity index (χ2n) is 8.33. The maximum atomic E-state index is 12.4. The molecule has 0 aromatic carbocycles. The van der Waals surface area contributed by atoms with Gasteiger partial charge in [-0.25, -0.2) is 0 Å². The average molecular weight is 359 g/mol. The lowest BCUT2D eigenvalue weighted by molar-refractivity contribution is 0.0451. The molecule has 1 unspecified atom stereocenters. The number of amides is 1. The number of carbonyl (C=O) groups excluding carboxylic acids is 1. The summed E-state index contributed by atoms with van der Waals surface area (Å²) >= 11 is 0. The number of hydrogen-bond donors (Lipinski definition) is 2. The molecule has 2 N–H and O–H groups in total. The van der Waals surface area contributed by atoms with Crippen LogP contribution in [0.25, 0.3) is 0 Å². The quantitative estimate of drug-likeness (QED) is 0.858. The van der Waals surface area contributed by atoms with Crippen LogP contribution in [0.2, 0.25) is 0 Å². The summed E-state index contributed by atoms with van der Waals surface area (Å²) in [5, 5.41) is 3.09. The largest absolute Gasteiger partial charge is 0.381 e. The molecule has 6 heteroatoms. The third-order valence-electron chi connectivity index (χ3n) is 6.50. The number of nitrogens with one attached hydrogen (secondary N) is 2. The summed E-state index contributed by atoms with van der Waals surface area (Å²) in [5.41, 5.74) is 0.948. The standard InChI is InChI=1S/C20H29N3O3/c1-14-2-3-16(18(24)21-14)19(25)22-17-12-20(17)6-8-23(9-7-20)13-15-4-10-26-11-5-15/h2-3,15,17H,4-13H2,1H3,(H,21,24)(H,22,25). The number of ether oxygens (including phenoxy) is 1. The molecule has 0 bridgehead atoms. The van der Waals surface area contributed by atoms with E-state index in [9.17, 15) is 9.59 Å². The minimum Gasteiger partial charge on any atom is -0.381 e. The van der Waals surface area contributed by atoms with Crippen LogP contribution < -0.4 is 10.9 Å². The summed E-state index contributed by atoms with van der Waals surface area (Å²) in [6.07, 6.45) is 5.71. The van der Waals surface area contributed by atoms with E-state index in [1.54, 1.807) is 12.1 Å². The van der Waals surface area contributed by atoms with E-state index in [-0.39, 0.29) is 28.5 Å². The lowest BCUT2D eigenvalue weighted by Gasteiger charge is -2.36. The molecule has 26 heavy (non-hydrogen) atoms. The van der Waals surface area contributed by atoms with Gasteiger partial charge in [0.05, 0.1) is 0 Å². The molecule has 0 radical (unpaired) electrons. The zero-order chi connectivity index (χ0) is 18.1. The third kappa shape index (κ3) is 3.71. The highest BCUT2D eigenvalue weighted by atomic mass is 16.5. The van der Waals surface area contributed by atoms with E-state index in [4.69, 9.17) is 4.74 Å². The molecule has 1 aromatic rings. The fourth-order valence-corrected chi connectivity index (χ4v) is 4.57. The van der Waals surface area contributed by atoms with Gasteiger partial charge in [0.15, 0.2) is 0 Å². The number of aryl methyl sites for hydroxylation is 1. The second kappa shape index (κ2) is 7.16. The van der Waals surface area contributed by atoms with E-state index in [0.29, 0.717) is 0 Å². The van der Waals surface area contributed by atoms with Gasteiger partial charge in [0, 0.05) is 31.5 Å². The van der Waals surface area contributed by atoms with Crippen molar-refractivity contribution in [1.29, 1.82) is 0 Å². The molecule has 6 nitrogen and oxygen atoms in total. The van der Waals surface area contributed by atoms with Gasteiger partial charge in [-0.15, -0.1) is 0 Å². The smallest absolute Gasteiger partial charge is 0.260 e. The Balaban J connectivity index is 1.27. The fourth-order valence-electron chi connectivity index (χ4n) is 4.57. The molecule has 142 valence electrons. The van der Waals surface area contributed by atoms with Crippen molar-refractivity contribution < 1.29 is 9.53 Å². The summed E-state index contributed by atoms with van der Waals surface area (Å²) in [5.74, 6) is 0.540. The van der Waals surface area contributed by atoms with Crippen LogP contribution in [-0.4, -0.2) is 54.7 Å². The Hall–Kier alpha value is -1.66. The zero-order valence-corrected chi connectivity index (χ0v) is 15.6. The van der Waals surface area contributed by atoms with E-state index >= 15 is 0 Å². The van der Waals surface area contributed by atoms with Gasteiger partial charge >= 0.3 is 0 Å². The molecular formula is C20H29N3O3. The first-order valence-corrected chi connectivity index (χ1v) is 9.87. The molecule has 2 aliphatic heterocycles. The number of aromatic nitrogens is 1. The molecule has 3 aliphatic rings. The summed E-state index contributed by atoms with van der Waals surface area (Å²) in [4.78, 5) is 29.7. The number of carbonyl (C=O) groups is 1. The molecule has 1 aromatic heterocycles. The van der Waals surface area contributed by atoms with Gasteiger partial charge in [0.1, 0.15) is 5.56 Å². The molecule has 1 amide bonds. The number of piperidine rings is 1. The lowest BCUT2D eigenvalue weighted by Crippen LogP contribution is -2.42. The Morgan fingerprint density at radius 1 is 1.31 bits per heavy atom. The van der Waals surface area contributed by atoms with Crippen LogP contribution in [0.3, 0.4) is 0 Å². The van der Waals surface area contributed by atoms with Crippen LogP contribution in [0.15, 0.2) is 16.9 Å². The second-order valence-corrected chi connectivity index (χ2v) is 8.33. The van der Waals surface area contributed by atoms with Crippen molar-refractivity contribution in [3.63, 3.8) is 0 Å². The van der Waals surface area contributed by atoms with E-state index in [1.165, 1.54) is 19.4 Å². The first kappa shape index (κ1) is 17.7. The molecule has 2 saturated heterocycles. The van der Waals surface area contributed by atoms with Crippen LogP contribution in [-0.2, 0) is 4.74 Å². The van der Waals surface area contributed by atoms with Gasteiger partial charge in [-0.05, 0) is 75.6 Å². The monoisotopic (exact) mass is 359 g/mol. The van der Waals surface area contributed by atoms with Crippen LogP contribution >= 0.6 is 0 Å². The van der Waals surface area contributed by atoms with Crippen molar-refractivity contribution in [2.24, 2.45) is 11.3 Å². The van der Waals surface area contributed by atoms with E-state index in [0.717, 1.165) is 57.2 Å². The van der Waals surface area contributed by atoms with Crippen molar-refractivity contribution in [2.45, 2.75) is 45.1 Å². The molecule has 4 rings (SSSR count). The van der Waals surface area contributed by atoms with Crippen molar-refractivity contribution in [3.05, 3.63) is 33.7 Å². The first-order chi connectivity index (χ1) is 12.6. The van der Waals surface area contributed by atoms with Gasteiger partial charge in [-0.3, -0.25) is 9.59 Å². The van der Waals surface area contributed by atoms with E-state index in [1.807, 2.05) is 6.92 Å². The molecule has 3 heterocycles. The Bertz CT molecular complexity index is 715. The van der Waals surface area contributed by atoms with Crippen LogP contribution in [0, 0.1) is 18.3 Å². The number of rotatable bonds is 4. The van der Waals surface area contributed by atoms with Crippen molar-refractivity contribution in [3.8, 4) is 0 Å². The first-order valence-electron chi connectivity index (χ1n) is 9.87. The number of nitrogens with zero attached hydrogens (tertiary/aromatic N) is 1. The number of aromatic amines is 1. The van der Waals surface area contributed by atoms with Crippen LogP contribution in [0.5, 0.6) is 0 Å². The van der Waals surface area contributed by atoms with Gasteiger partial charge in [-0.1, -0.05) is 0 Å². The van der Waals surface area contributed by atoms with Crippen LogP contribution in [0.1, 0.15) is 48.2 Å². The fraction of sp³-hybridized carbons (Fsp3) is 0.700. The summed E-state index contributed by atoms with van der Waals surface area (Å²) in [6.45, 7) is 7.06. The Morgan fingerprint density at radius 3 is 2.73 bits per heavy atom. The number of hydrogen-bond acceptors (Lipinski definition) is 4. The number of pyridine rings is 1. The minimum absolute atomic E-state index is 0.217. The molecule has 1 saturated carbocycles. The normalized spacial score (nSPS) is 26.0. The summed E-state index contributed by atoms with van der Waals surface area (Å²) in [7, 11) is 0. The Morgan fingerprint density at radius 2 is 2.04 bits per heavy atom. The SMILES string of the molecule is Cc1ccc(C(=O)NC2CC23CCN(CC2CCOCC2)CC3)c(=O)[nH]1. The molecule has 1 spiro atoms. The zero-order valence-electron chi connectivity index (χ0n) is 15.6. The number of H-pyrrole nitrogens is 1. The van der Waals surface area contributed by atoms with Crippen molar-refractivity contribution in [2.75, 3.05) is 32.8 Å². The van der Waals surface area contributed by atoms with Gasteiger partial charge in [0.25, 0.3) is 11.5 Å². The van der Waals surface area contributed by atoms with E-state index < -0.39 is 0 Å².